The highest BCUT2D eigenvalue weighted by atomic mass is 35.5. The minimum atomic E-state index is -0.937. The fourth-order valence-electron chi connectivity index (χ4n) is 4.63. The van der Waals surface area contributed by atoms with Gasteiger partial charge in [0, 0.05) is 46.2 Å². The van der Waals surface area contributed by atoms with E-state index in [4.69, 9.17) is 22.1 Å². The Balaban J connectivity index is 1.75. The van der Waals surface area contributed by atoms with Crippen LogP contribution in [-0.2, 0) is 16.0 Å². The monoisotopic (exact) mass is 545 g/mol. The summed E-state index contributed by atoms with van der Waals surface area (Å²) >= 11 is 6.24. The second kappa shape index (κ2) is 12.0. The lowest BCUT2D eigenvalue weighted by molar-refractivity contribution is -0.120. The van der Waals surface area contributed by atoms with Crippen LogP contribution in [0.15, 0.2) is 94.9 Å². The van der Waals surface area contributed by atoms with Gasteiger partial charge in [-0.15, -0.1) is 0 Å². The smallest absolute Gasteiger partial charge is 0.251 e. The van der Waals surface area contributed by atoms with E-state index in [2.05, 4.69) is 5.32 Å². The van der Waals surface area contributed by atoms with Crippen molar-refractivity contribution in [3.05, 3.63) is 117 Å². The number of halogens is 1. The zero-order chi connectivity index (χ0) is 28.1. The molecule has 2 unspecified atom stereocenters. The maximum atomic E-state index is 13.6. The summed E-state index contributed by atoms with van der Waals surface area (Å²) in [7, 11) is 1.47. The first-order valence-electron chi connectivity index (χ1n) is 12.3. The zero-order valence-electron chi connectivity index (χ0n) is 21.5. The van der Waals surface area contributed by atoms with E-state index in [9.17, 15) is 19.2 Å². The molecule has 1 aliphatic rings. The molecule has 3 N–H and O–H groups in total. The van der Waals surface area contributed by atoms with Crippen LogP contribution in [0.4, 0.5) is 5.69 Å². The molecule has 0 radical (unpaired) electrons. The van der Waals surface area contributed by atoms with Gasteiger partial charge in [-0.2, -0.15) is 0 Å². The quantitative estimate of drug-likeness (QED) is 0.414. The summed E-state index contributed by atoms with van der Waals surface area (Å²) in [6.45, 7) is 1.49. The molecule has 2 amide bonds. The van der Waals surface area contributed by atoms with E-state index in [1.165, 1.54) is 43.0 Å². The number of amides is 2. The number of nitrogens with one attached hydrogen (secondary N) is 1. The Morgan fingerprint density at radius 2 is 1.79 bits per heavy atom. The summed E-state index contributed by atoms with van der Waals surface area (Å²) in [5.74, 6) is -1.76. The van der Waals surface area contributed by atoms with Gasteiger partial charge in [0.2, 0.25) is 11.8 Å². The van der Waals surface area contributed by atoms with Gasteiger partial charge < -0.3 is 15.8 Å². The number of hydrogen-bond donors (Lipinski definition) is 2. The Morgan fingerprint density at radius 3 is 2.41 bits per heavy atom. The molecule has 3 atom stereocenters. The van der Waals surface area contributed by atoms with E-state index in [1.807, 2.05) is 30.3 Å². The van der Waals surface area contributed by atoms with Gasteiger partial charge in [0.05, 0.1) is 13.3 Å². The summed E-state index contributed by atoms with van der Waals surface area (Å²) < 4.78 is 6.98. The van der Waals surface area contributed by atoms with E-state index in [1.54, 1.807) is 30.4 Å². The standard InChI is InChI=1S/C30H28ClN3O5/c1-18(35)23-13-10-21(31)15-24(23)25-16-28(36)34(17-27(25)39-2)26(14-19-6-4-3-5-7-19)30(38)33-22-11-8-20(9-12-22)29(32)37/h3-13,15-17,23-24,26H,14H2,1-2H3,(H2,32,37)(H,33,38)/t23?,24?,26-/m0/s1. The lowest BCUT2D eigenvalue weighted by Crippen LogP contribution is -2.35. The maximum Gasteiger partial charge on any atom is 0.251 e. The van der Waals surface area contributed by atoms with E-state index < -0.39 is 35.3 Å². The molecule has 1 aliphatic carbocycles. The third-order valence-corrected chi connectivity index (χ3v) is 6.91. The summed E-state index contributed by atoms with van der Waals surface area (Å²) in [5, 5.41) is 3.28. The number of aromatic nitrogens is 1. The van der Waals surface area contributed by atoms with Crippen molar-refractivity contribution in [2.24, 2.45) is 11.7 Å². The van der Waals surface area contributed by atoms with Crippen LogP contribution in [0, 0.1) is 5.92 Å². The lowest BCUT2D eigenvalue weighted by Gasteiger charge is -2.26. The SMILES string of the molecule is COc1cn([C@@H](Cc2ccccc2)C(=O)Nc2ccc(C(N)=O)cc2)c(=O)cc1C1C=C(Cl)C=CC1C(C)=O. The maximum absolute atomic E-state index is 13.6. The number of ketones is 1. The fourth-order valence-corrected chi connectivity index (χ4v) is 4.84. The number of benzene rings is 2. The Labute approximate surface area is 230 Å². The first-order valence-corrected chi connectivity index (χ1v) is 12.7. The van der Waals surface area contributed by atoms with Crippen molar-refractivity contribution in [2.45, 2.75) is 25.3 Å². The summed E-state index contributed by atoms with van der Waals surface area (Å²) in [4.78, 5) is 50.9. The van der Waals surface area contributed by atoms with E-state index in [-0.39, 0.29) is 12.2 Å². The Kier molecular flexibility index (Phi) is 8.46. The molecule has 4 rings (SSSR count). The number of Topliss-reactive ketones (excluding diaryl/α,β-unsaturated/α-hetero) is 1. The molecule has 0 fully saturated rings. The van der Waals surface area contributed by atoms with Crippen LogP contribution in [0.5, 0.6) is 5.75 Å². The number of allylic oxidation sites excluding steroid dienone is 4. The second-order valence-electron chi connectivity index (χ2n) is 9.25. The van der Waals surface area contributed by atoms with Gasteiger partial charge in [-0.25, -0.2) is 0 Å². The zero-order valence-corrected chi connectivity index (χ0v) is 22.2. The molecular formula is C30H28ClN3O5. The van der Waals surface area contributed by atoms with E-state index >= 15 is 0 Å². The molecule has 8 nitrogen and oxygen atoms in total. The van der Waals surface area contributed by atoms with Crippen LogP contribution < -0.4 is 21.3 Å². The van der Waals surface area contributed by atoms with Gasteiger partial charge in [0.1, 0.15) is 17.6 Å². The minimum absolute atomic E-state index is 0.0772. The molecular weight excluding hydrogens is 518 g/mol. The number of ether oxygens (including phenoxy) is 1. The van der Waals surface area contributed by atoms with Crippen molar-refractivity contribution in [3.63, 3.8) is 0 Å². The molecule has 0 aliphatic heterocycles. The molecule has 1 aromatic heterocycles. The number of hydrogen-bond acceptors (Lipinski definition) is 5. The van der Waals surface area contributed by atoms with Crippen molar-refractivity contribution in [3.8, 4) is 5.75 Å². The number of methoxy groups -OCH3 is 1. The number of carbonyl (C=O) groups excluding carboxylic acids is 3. The van der Waals surface area contributed by atoms with Gasteiger partial charge in [0.15, 0.2) is 0 Å². The first kappa shape index (κ1) is 27.6. The van der Waals surface area contributed by atoms with E-state index in [0.717, 1.165) is 5.56 Å². The molecule has 200 valence electrons. The fraction of sp³-hybridized carbons (Fsp3) is 0.200. The van der Waals surface area contributed by atoms with E-state index in [0.29, 0.717) is 27.6 Å². The number of nitrogens with zero attached hydrogens (tertiary/aromatic N) is 1. The number of carbonyl (C=O) groups is 3. The van der Waals surface area contributed by atoms with Crippen LogP contribution >= 0.6 is 11.6 Å². The number of nitrogens with two attached hydrogens (primary N) is 1. The highest BCUT2D eigenvalue weighted by molar-refractivity contribution is 6.31. The predicted molar refractivity (Wildman–Crippen MR) is 150 cm³/mol. The molecule has 0 bridgehead atoms. The lowest BCUT2D eigenvalue weighted by atomic mass is 9.81. The third-order valence-electron chi connectivity index (χ3n) is 6.66. The van der Waals surface area contributed by atoms with Gasteiger partial charge in [-0.3, -0.25) is 23.7 Å². The van der Waals surface area contributed by atoms with Crippen molar-refractivity contribution in [1.29, 1.82) is 0 Å². The molecule has 2 aromatic carbocycles. The summed E-state index contributed by atoms with van der Waals surface area (Å²) in [6.07, 6.45) is 6.82. The van der Waals surface area contributed by atoms with Crippen molar-refractivity contribution >= 4 is 34.9 Å². The Morgan fingerprint density at radius 1 is 1.10 bits per heavy atom. The highest BCUT2D eigenvalue weighted by Crippen LogP contribution is 2.38. The van der Waals surface area contributed by atoms with Gasteiger partial charge in [0.25, 0.3) is 5.56 Å². The number of rotatable bonds is 9. The molecule has 3 aromatic rings. The van der Waals surface area contributed by atoms with Crippen LogP contribution in [0.25, 0.3) is 0 Å². The average Bonchev–Trinajstić information content (AvgIpc) is 2.92. The third kappa shape index (κ3) is 6.35. The van der Waals surface area contributed by atoms with Gasteiger partial charge in [-0.05, 0) is 42.8 Å². The second-order valence-corrected chi connectivity index (χ2v) is 9.69. The normalized spacial score (nSPS) is 17.2. The minimum Gasteiger partial charge on any atom is -0.495 e. The number of anilines is 1. The molecule has 1 heterocycles. The summed E-state index contributed by atoms with van der Waals surface area (Å²) in [5.41, 5.74) is 6.97. The van der Waals surface area contributed by atoms with Gasteiger partial charge >= 0.3 is 0 Å². The molecule has 0 spiro atoms. The van der Waals surface area contributed by atoms with Crippen molar-refractivity contribution < 1.29 is 19.1 Å². The highest BCUT2D eigenvalue weighted by Gasteiger charge is 2.31. The predicted octanol–water partition coefficient (Wildman–Crippen LogP) is 4.36. The molecule has 0 saturated carbocycles. The number of pyridine rings is 1. The van der Waals surface area contributed by atoms with Crippen LogP contribution in [0.1, 0.15) is 40.4 Å². The van der Waals surface area contributed by atoms with Crippen molar-refractivity contribution in [2.75, 3.05) is 12.4 Å². The summed E-state index contributed by atoms with van der Waals surface area (Å²) in [6, 6.07) is 15.9. The first-order chi connectivity index (χ1) is 18.7. The van der Waals surface area contributed by atoms with Gasteiger partial charge in [-0.1, -0.05) is 54.1 Å². The topological polar surface area (TPSA) is 120 Å². The Bertz CT molecular complexity index is 1510. The van der Waals surface area contributed by atoms with Crippen LogP contribution in [-0.4, -0.2) is 29.3 Å². The molecule has 0 saturated heterocycles. The largest absolute Gasteiger partial charge is 0.495 e. The molecule has 39 heavy (non-hydrogen) atoms. The van der Waals surface area contributed by atoms with Crippen molar-refractivity contribution in [1.82, 2.24) is 4.57 Å². The Hall–Kier alpha value is -4.43. The number of primary amides is 1. The molecule has 9 heteroatoms. The van der Waals surface area contributed by atoms with Crippen LogP contribution in [0.2, 0.25) is 0 Å². The average molecular weight is 546 g/mol. The van der Waals surface area contributed by atoms with Crippen LogP contribution in [0.3, 0.4) is 0 Å².